The molecule has 198 valence electrons. The maximum Gasteiger partial charge on any atom is 0.237 e. The summed E-state index contributed by atoms with van der Waals surface area (Å²) in [5, 5.41) is 0.669. The summed E-state index contributed by atoms with van der Waals surface area (Å²) in [5.41, 5.74) is 8.88. The molecule has 1 unspecified atom stereocenters. The topological polar surface area (TPSA) is 76.6 Å². The fraction of sp³-hybridized carbons (Fsp3) is 0.448. The van der Waals surface area contributed by atoms with Gasteiger partial charge in [-0.2, -0.15) is 0 Å². The number of hydrogen-bond donors (Lipinski definition) is 1. The number of aromatic nitrogens is 2. The van der Waals surface area contributed by atoms with Crippen molar-refractivity contribution >= 4 is 17.5 Å². The molecule has 1 aliphatic rings. The van der Waals surface area contributed by atoms with Gasteiger partial charge in [0.15, 0.2) is 0 Å². The first-order valence-corrected chi connectivity index (χ1v) is 13.5. The molecule has 0 saturated carbocycles. The number of carbonyl (C=O) groups is 1. The molecule has 0 bridgehead atoms. The second-order valence-corrected chi connectivity index (χ2v) is 10.4. The molecule has 1 aliphatic heterocycles. The van der Waals surface area contributed by atoms with Gasteiger partial charge in [-0.15, -0.1) is 0 Å². The van der Waals surface area contributed by atoms with Crippen molar-refractivity contribution in [3.05, 3.63) is 77.2 Å². The molecule has 7 nitrogen and oxygen atoms in total. The van der Waals surface area contributed by atoms with Crippen LogP contribution in [0.5, 0.6) is 0 Å². The van der Waals surface area contributed by atoms with Crippen molar-refractivity contribution in [2.45, 2.75) is 32.9 Å². The van der Waals surface area contributed by atoms with Crippen molar-refractivity contribution in [2.24, 2.45) is 11.7 Å². The summed E-state index contributed by atoms with van der Waals surface area (Å²) < 4.78 is 7.67. The number of rotatable bonds is 11. The van der Waals surface area contributed by atoms with Gasteiger partial charge >= 0.3 is 0 Å². The lowest BCUT2D eigenvalue weighted by molar-refractivity contribution is -0.137. The van der Waals surface area contributed by atoms with Crippen molar-refractivity contribution < 1.29 is 9.53 Å². The summed E-state index contributed by atoms with van der Waals surface area (Å²) in [7, 11) is 0. The van der Waals surface area contributed by atoms with E-state index in [0.717, 1.165) is 36.6 Å². The lowest BCUT2D eigenvalue weighted by Crippen LogP contribution is -2.47. The van der Waals surface area contributed by atoms with Crippen LogP contribution in [0.4, 0.5) is 0 Å². The molecule has 3 aromatic rings. The lowest BCUT2D eigenvalue weighted by atomic mass is 10.0. The van der Waals surface area contributed by atoms with E-state index in [2.05, 4.69) is 41.6 Å². The Hall–Kier alpha value is -2.71. The fourth-order valence-corrected chi connectivity index (χ4v) is 5.07. The highest BCUT2D eigenvalue weighted by atomic mass is 35.5. The van der Waals surface area contributed by atoms with Gasteiger partial charge in [0.2, 0.25) is 5.91 Å². The third-order valence-corrected chi connectivity index (χ3v) is 6.98. The zero-order valence-corrected chi connectivity index (χ0v) is 22.6. The van der Waals surface area contributed by atoms with Crippen molar-refractivity contribution in [1.29, 1.82) is 0 Å². The zero-order valence-electron chi connectivity index (χ0n) is 21.9. The van der Waals surface area contributed by atoms with E-state index in [1.54, 1.807) is 0 Å². The van der Waals surface area contributed by atoms with Crippen molar-refractivity contribution in [2.75, 3.05) is 45.9 Å². The summed E-state index contributed by atoms with van der Waals surface area (Å²) in [4.78, 5) is 23.1. The molecule has 4 rings (SSSR count). The number of hydrogen-bond acceptors (Lipinski definition) is 5. The van der Waals surface area contributed by atoms with Gasteiger partial charge < -0.3 is 19.9 Å². The normalized spacial score (nSPS) is 15.2. The van der Waals surface area contributed by atoms with Crippen molar-refractivity contribution in [1.82, 2.24) is 19.4 Å². The van der Waals surface area contributed by atoms with E-state index in [-0.39, 0.29) is 17.9 Å². The quantitative estimate of drug-likeness (QED) is 0.401. The predicted octanol–water partition coefficient (Wildman–Crippen LogP) is 4.46. The first kappa shape index (κ1) is 27.3. The molecule has 0 aliphatic carbocycles. The van der Waals surface area contributed by atoms with Crippen LogP contribution in [-0.2, 0) is 16.1 Å². The highest BCUT2D eigenvalue weighted by Gasteiger charge is 2.32. The van der Waals surface area contributed by atoms with Crippen LogP contribution in [0.1, 0.15) is 37.7 Å². The zero-order chi connectivity index (χ0) is 26.2. The Morgan fingerprint density at radius 1 is 1.14 bits per heavy atom. The third kappa shape index (κ3) is 7.20. The monoisotopic (exact) mass is 523 g/mol. The van der Waals surface area contributed by atoms with Gasteiger partial charge in [-0.25, -0.2) is 4.98 Å². The Kier molecular flexibility index (Phi) is 9.75. The molecule has 37 heavy (non-hydrogen) atoms. The molecule has 1 amide bonds. The Labute approximate surface area is 225 Å². The molecule has 8 heteroatoms. The Bertz CT molecular complexity index is 1140. The molecule has 0 radical (unpaired) electrons. The summed E-state index contributed by atoms with van der Waals surface area (Å²) in [5.74, 6) is 1.13. The highest BCUT2D eigenvalue weighted by Crippen LogP contribution is 2.32. The number of imidazole rings is 1. The first-order valence-electron chi connectivity index (χ1n) is 13.1. The van der Waals surface area contributed by atoms with Crippen LogP contribution in [0.25, 0.3) is 11.3 Å². The molecular weight excluding hydrogens is 486 g/mol. The molecule has 1 aromatic heterocycles. The highest BCUT2D eigenvalue weighted by molar-refractivity contribution is 6.30. The van der Waals surface area contributed by atoms with E-state index in [9.17, 15) is 4.79 Å². The van der Waals surface area contributed by atoms with E-state index >= 15 is 0 Å². The van der Waals surface area contributed by atoms with Crippen molar-refractivity contribution in [3.8, 4) is 11.3 Å². The van der Waals surface area contributed by atoms with Gasteiger partial charge in [0, 0.05) is 43.0 Å². The number of ether oxygens (including phenoxy) is 1. The number of benzene rings is 2. The van der Waals surface area contributed by atoms with Crippen LogP contribution in [0.15, 0.2) is 60.8 Å². The average Bonchev–Trinajstić information content (AvgIpc) is 3.30. The largest absolute Gasteiger partial charge is 0.379 e. The minimum atomic E-state index is -0.197. The van der Waals surface area contributed by atoms with Crippen LogP contribution in [0.3, 0.4) is 0 Å². The lowest BCUT2D eigenvalue weighted by Gasteiger charge is -2.36. The molecule has 1 atom stereocenters. The van der Waals surface area contributed by atoms with Crippen LogP contribution in [0, 0.1) is 5.92 Å². The summed E-state index contributed by atoms with van der Waals surface area (Å²) >= 11 is 6.31. The van der Waals surface area contributed by atoms with Gasteiger partial charge in [0.25, 0.3) is 0 Å². The van der Waals surface area contributed by atoms with Crippen molar-refractivity contribution in [3.63, 3.8) is 0 Å². The number of nitrogens with zero attached hydrogens (tertiary/aromatic N) is 4. The van der Waals surface area contributed by atoms with Crippen LogP contribution in [-0.4, -0.2) is 71.2 Å². The van der Waals surface area contributed by atoms with Gasteiger partial charge in [0.05, 0.1) is 31.5 Å². The fourth-order valence-electron chi connectivity index (χ4n) is 4.88. The minimum absolute atomic E-state index is 0.104. The summed E-state index contributed by atoms with van der Waals surface area (Å²) in [6.07, 6.45) is 2.82. The molecule has 2 heterocycles. The number of amides is 1. The van der Waals surface area contributed by atoms with Crippen LogP contribution >= 0.6 is 11.6 Å². The average molecular weight is 524 g/mol. The Balaban J connectivity index is 1.73. The molecular formula is C29H38ClN5O2. The van der Waals surface area contributed by atoms with Gasteiger partial charge in [-0.05, 0) is 36.6 Å². The van der Waals surface area contributed by atoms with Crippen LogP contribution in [0.2, 0.25) is 5.02 Å². The van der Waals surface area contributed by atoms with E-state index < -0.39 is 0 Å². The standard InChI is InChI=1S/C29H38ClN5O2/c1-22(2)28(35(13-7-12-31)27(36)21-33-14-16-37-17-15-33)29-32-26(24-10-6-11-25(30)18-24)20-34(29)19-23-8-4-3-5-9-23/h3-6,8-11,18,20,22,28H,7,12-17,19,21,31H2,1-2H3. The second-order valence-electron chi connectivity index (χ2n) is 9.91. The maximum absolute atomic E-state index is 13.8. The maximum atomic E-state index is 13.8. The third-order valence-electron chi connectivity index (χ3n) is 6.74. The molecule has 0 spiro atoms. The Morgan fingerprint density at radius 2 is 1.89 bits per heavy atom. The molecule has 1 fully saturated rings. The molecule has 2 N–H and O–H groups in total. The van der Waals surface area contributed by atoms with E-state index in [1.165, 1.54) is 5.56 Å². The van der Waals surface area contributed by atoms with Gasteiger partial charge in [0.1, 0.15) is 5.82 Å². The molecule has 2 aromatic carbocycles. The summed E-state index contributed by atoms with van der Waals surface area (Å²) in [6.45, 7) is 9.32. The van der Waals surface area contributed by atoms with E-state index in [4.69, 9.17) is 27.1 Å². The predicted molar refractivity (Wildman–Crippen MR) is 148 cm³/mol. The number of halogens is 1. The van der Waals surface area contributed by atoms with Crippen LogP contribution < -0.4 is 5.73 Å². The Morgan fingerprint density at radius 3 is 2.57 bits per heavy atom. The second kappa shape index (κ2) is 13.2. The van der Waals surface area contributed by atoms with Gasteiger partial charge in [-0.3, -0.25) is 9.69 Å². The molecule has 1 saturated heterocycles. The van der Waals surface area contributed by atoms with E-state index in [1.807, 2.05) is 47.4 Å². The SMILES string of the molecule is CC(C)C(c1nc(-c2cccc(Cl)c2)cn1Cc1ccccc1)N(CCCN)C(=O)CN1CCOCC1. The van der Waals surface area contributed by atoms with E-state index in [0.29, 0.717) is 44.4 Å². The number of carbonyl (C=O) groups excluding carboxylic acids is 1. The van der Waals surface area contributed by atoms with Gasteiger partial charge in [-0.1, -0.05) is 67.9 Å². The minimum Gasteiger partial charge on any atom is -0.379 e. The first-order chi connectivity index (χ1) is 18.0. The smallest absolute Gasteiger partial charge is 0.237 e. The number of morpholine rings is 1. The summed E-state index contributed by atoms with van der Waals surface area (Å²) in [6, 6.07) is 17.9. The number of nitrogens with two attached hydrogens (primary N) is 1.